The molecule has 6 heteroatoms. The summed E-state index contributed by atoms with van der Waals surface area (Å²) in [6.45, 7) is 5.06. The molecule has 0 aliphatic heterocycles. The van der Waals surface area contributed by atoms with Crippen molar-refractivity contribution >= 4 is 22.8 Å². The van der Waals surface area contributed by atoms with Crippen LogP contribution in [0.3, 0.4) is 0 Å². The van der Waals surface area contributed by atoms with Crippen LogP contribution in [0.25, 0.3) is 11.0 Å². The molecular weight excluding hydrogens is 340 g/mol. The molecule has 0 unspecified atom stereocenters. The smallest absolute Gasteiger partial charge is 0.251 e. The van der Waals surface area contributed by atoms with Gasteiger partial charge in [-0.05, 0) is 37.6 Å². The van der Waals surface area contributed by atoms with Gasteiger partial charge < -0.3 is 14.8 Å². The zero-order valence-corrected chi connectivity index (χ0v) is 15.9. The van der Waals surface area contributed by atoms with E-state index in [1.165, 1.54) is 0 Å². The number of amides is 2. The van der Waals surface area contributed by atoms with Crippen LogP contribution in [0.5, 0.6) is 0 Å². The Hall–Kier alpha value is -3.15. The first-order valence-corrected chi connectivity index (χ1v) is 9.03. The summed E-state index contributed by atoms with van der Waals surface area (Å²) in [6.07, 6.45) is 0. The van der Waals surface area contributed by atoms with Gasteiger partial charge in [-0.15, -0.1) is 0 Å². The fourth-order valence-electron chi connectivity index (χ4n) is 3.11. The highest BCUT2D eigenvalue weighted by Crippen LogP contribution is 2.17. The molecule has 3 aromatic rings. The monoisotopic (exact) mass is 364 g/mol. The Kier molecular flexibility index (Phi) is 5.54. The molecule has 1 N–H and O–H groups in total. The number of hydrogen-bond acceptors (Lipinski definition) is 3. The Morgan fingerprint density at radius 3 is 2.56 bits per heavy atom. The molecule has 2 aromatic carbocycles. The number of rotatable bonds is 6. The summed E-state index contributed by atoms with van der Waals surface area (Å²) in [6, 6.07) is 15.2. The van der Waals surface area contributed by atoms with Crippen LogP contribution in [0.2, 0.25) is 0 Å². The van der Waals surface area contributed by atoms with Crippen molar-refractivity contribution in [3.05, 3.63) is 65.5 Å². The number of aromatic nitrogens is 2. The van der Waals surface area contributed by atoms with Crippen LogP contribution >= 0.6 is 0 Å². The van der Waals surface area contributed by atoms with E-state index in [4.69, 9.17) is 0 Å². The molecule has 2 amide bonds. The third-order valence-electron chi connectivity index (χ3n) is 4.64. The van der Waals surface area contributed by atoms with Gasteiger partial charge in [0.15, 0.2) is 0 Å². The van der Waals surface area contributed by atoms with Crippen molar-refractivity contribution in [2.45, 2.75) is 26.9 Å². The number of carbonyl (C=O) groups excluding carboxylic acids is 2. The molecule has 0 saturated heterocycles. The van der Waals surface area contributed by atoms with Gasteiger partial charge >= 0.3 is 0 Å². The lowest BCUT2D eigenvalue weighted by atomic mass is 10.1. The van der Waals surface area contributed by atoms with E-state index < -0.39 is 0 Å². The summed E-state index contributed by atoms with van der Waals surface area (Å²) in [4.78, 5) is 31.0. The molecule has 0 radical (unpaired) electrons. The third-order valence-corrected chi connectivity index (χ3v) is 4.64. The van der Waals surface area contributed by atoms with E-state index in [2.05, 4.69) is 21.8 Å². The van der Waals surface area contributed by atoms with Crippen LogP contribution in [-0.2, 0) is 17.9 Å². The molecule has 0 spiro atoms. The van der Waals surface area contributed by atoms with Crippen molar-refractivity contribution < 1.29 is 9.59 Å². The molecule has 0 aliphatic rings. The number of imidazole rings is 1. The summed E-state index contributed by atoms with van der Waals surface area (Å²) in [5, 5.41) is 2.70. The van der Waals surface area contributed by atoms with Crippen LogP contribution in [0, 0.1) is 6.92 Å². The number of nitrogens with zero attached hydrogens (tertiary/aromatic N) is 3. The number of benzene rings is 2. The van der Waals surface area contributed by atoms with Crippen LogP contribution in [0.1, 0.15) is 28.7 Å². The van der Waals surface area contributed by atoms with Crippen molar-refractivity contribution in [1.82, 2.24) is 19.8 Å². The molecule has 6 nitrogen and oxygen atoms in total. The zero-order chi connectivity index (χ0) is 19.4. The zero-order valence-electron chi connectivity index (χ0n) is 15.9. The predicted octanol–water partition coefficient (Wildman–Crippen LogP) is 2.75. The van der Waals surface area contributed by atoms with Crippen molar-refractivity contribution in [2.75, 3.05) is 13.6 Å². The molecule has 140 valence electrons. The fourth-order valence-corrected chi connectivity index (χ4v) is 3.11. The first-order valence-electron chi connectivity index (χ1n) is 9.03. The van der Waals surface area contributed by atoms with E-state index in [0.29, 0.717) is 12.1 Å². The number of carbonyl (C=O) groups is 2. The minimum atomic E-state index is -0.240. The topological polar surface area (TPSA) is 67.2 Å². The van der Waals surface area contributed by atoms with Gasteiger partial charge in [0.1, 0.15) is 5.82 Å². The minimum Gasteiger partial charge on any atom is -0.343 e. The van der Waals surface area contributed by atoms with Crippen LogP contribution in [0.4, 0.5) is 0 Å². The fraction of sp³-hybridized carbons (Fsp3) is 0.286. The van der Waals surface area contributed by atoms with E-state index in [9.17, 15) is 9.59 Å². The number of para-hydroxylation sites is 2. The lowest BCUT2D eigenvalue weighted by molar-refractivity contribution is -0.129. The SMILES string of the molecule is CCn1c(CN(C)C(=O)CNC(=O)c2ccccc2C)nc2ccccc21. The van der Waals surface area contributed by atoms with Gasteiger partial charge in [0, 0.05) is 19.2 Å². The maximum Gasteiger partial charge on any atom is 0.251 e. The van der Waals surface area contributed by atoms with Crippen molar-refractivity contribution in [3.63, 3.8) is 0 Å². The van der Waals surface area contributed by atoms with E-state index in [-0.39, 0.29) is 18.4 Å². The second kappa shape index (κ2) is 8.03. The summed E-state index contributed by atoms with van der Waals surface area (Å²) < 4.78 is 2.10. The first-order chi connectivity index (χ1) is 13.0. The van der Waals surface area contributed by atoms with Crippen LogP contribution in [-0.4, -0.2) is 39.9 Å². The number of hydrogen-bond donors (Lipinski definition) is 1. The number of aryl methyl sites for hydroxylation is 2. The Morgan fingerprint density at radius 1 is 1.11 bits per heavy atom. The summed E-state index contributed by atoms with van der Waals surface area (Å²) in [7, 11) is 1.72. The molecule has 1 heterocycles. The molecule has 0 bridgehead atoms. The number of fused-ring (bicyclic) bond motifs is 1. The van der Waals surface area contributed by atoms with Crippen molar-refractivity contribution in [1.29, 1.82) is 0 Å². The van der Waals surface area contributed by atoms with Gasteiger partial charge in [-0.2, -0.15) is 0 Å². The highest BCUT2D eigenvalue weighted by atomic mass is 16.2. The second-order valence-electron chi connectivity index (χ2n) is 6.51. The van der Waals surface area contributed by atoms with Crippen LogP contribution in [0.15, 0.2) is 48.5 Å². The van der Waals surface area contributed by atoms with Crippen LogP contribution < -0.4 is 5.32 Å². The van der Waals surface area contributed by atoms with E-state index in [1.807, 2.05) is 49.4 Å². The standard InChI is InChI=1S/C21H24N4O2/c1-4-25-18-12-8-7-11-17(18)23-19(25)14-24(3)20(26)13-22-21(27)16-10-6-5-9-15(16)2/h5-12H,4,13-14H2,1-3H3,(H,22,27). The molecule has 0 aliphatic carbocycles. The molecule has 1 aromatic heterocycles. The number of nitrogens with one attached hydrogen (secondary N) is 1. The Bertz CT molecular complexity index is 977. The second-order valence-corrected chi connectivity index (χ2v) is 6.51. The maximum absolute atomic E-state index is 12.5. The Labute approximate surface area is 158 Å². The highest BCUT2D eigenvalue weighted by Gasteiger charge is 2.16. The van der Waals surface area contributed by atoms with E-state index in [0.717, 1.165) is 29.0 Å². The van der Waals surface area contributed by atoms with Gasteiger partial charge in [-0.1, -0.05) is 30.3 Å². The van der Waals surface area contributed by atoms with E-state index in [1.54, 1.807) is 18.0 Å². The largest absolute Gasteiger partial charge is 0.343 e. The minimum absolute atomic E-state index is 0.0456. The van der Waals surface area contributed by atoms with E-state index >= 15 is 0 Å². The third kappa shape index (κ3) is 4.00. The Morgan fingerprint density at radius 2 is 1.81 bits per heavy atom. The lowest BCUT2D eigenvalue weighted by Gasteiger charge is -2.18. The highest BCUT2D eigenvalue weighted by molar-refractivity contribution is 5.97. The normalized spacial score (nSPS) is 10.8. The van der Waals surface area contributed by atoms with Gasteiger partial charge in [-0.25, -0.2) is 4.98 Å². The first kappa shape index (κ1) is 18.6. The molecule has 3 rings (SSSR count). The predicted molar refractivity (Wildman–Crippen MR) is 105 cm³/mol. The molecule has 27 heavy (non-hydrogen) atoms. The molecule has 0 fully saturated rings. The van der Waals surface area contributed by atoms with Crippen molar-refractivity contribution in [3.8, 4) is 0 Å². The van der Waals surface area contributed by atoms with Gasteiger partial charge in [0.25, 0.3) is 5.91 Å². The van der Waals surface area contributed by atoms with Crippen molar-refractivity contribution in [2.24, 2.45) is 0 Å². The Balaban J connectivity index is 1.64. The quantitative estimate of drug-likeness (QED) is 0.731. The lowest BCUT2D eigenvalue weighted by Crippen LogP contribution is -2.38. The summed E-state index contributed by atoms with van der Waals surface area (Å²) in [5.41, 5.74) is 3.44. The molecular formula is C21H24N4O2. The molecule has 0 saturated carbocycles. The summed E-state index contributed by atoms with van der Waals surface area (Å²) in [5.74, 6) is 0.432. The molecule has 0 atom stereocenters. The average molecular weight is 364 g/mol. The summed E-state index contributed by atoms with van der Waals surface area (Å²) >= 11 is 0. The van der Waals surface area contributed by atoms with Gasteiger partial charge in [0.2, 0.25) is 5.91 Å². The number of likely N-dealkylation sites (N-methyl/N-ethyl adjacent to an activating group) is 1. The van der Waals surface area contributed by atoms with Gasteiger partial charge in [0.05, 0.1) is 24.1 Å². The van der Waals surface area contributed by atoms with Gasteiger partial charge in [-0.3, -0.25) is 9.59 Å². The maximum atomic E-state index is 12.5. The average Bonchev–Trinajstić information content (AvgIpc) is 3.03.